The summed E-state index contributed by atoms with van der Waals surface area (Å²) in [7, 11) is 0. The second-order valence-corrected chi connectivity index (χ2v) is 12.5. The first-order valence-corrected chi connectivity index (χ1v) is 17.1. The lowest BCUT2D eigenvalue weighted by Crippen LogP contribution is -2.57. The molecule has 0 aliphatic carbocycles. The minimum atomic E-state index is -1.35. The van der Waals surface area contributed by atoms with Crippen LogP contribution in [0.2, 0.25) is 0 Å². The Morgan fingerprint density at radius 1 is 0.549 bits per heavy atom. The smallest absolute Gasteiger partial charge is 0.251 e. The summed E-state index contributed by atoms with van der Waals surface area (Å²) in [5, 5.41) is 8.12. The second-order valence-electron chi connectivity index (χ2n) is 12.5. The number of hydrogen-bond donors (Lipinski definition) is 5. The molecular formula is C40H46N6O5. The zero-order chi connectivity index (χ0) is 36.4. The van der Waals surface area contributed by atoms with Crippen LogP contribution in [0.5, 0.6) is 0 Å². The molecule has 0 saturated carbocycles. The number of benzene rings is 4. The Morgan fingerprint density at radius 3 is 1.53 bits per heavy atom. The van der Waals surface area contributed by atoms with E-state index in [1.807, 2.05) is 66.7 Å². The summed E-state index contributed by atoms with van der Waals surface area (Å²) < 4.78 is 0. The van der Waals surface area contributed by atoms with Crippen LogP contribution in [0.25, 0.3) is 0 Å². The Hall–Kier alpha value is -5.81. The van der Waals surface area contributed by atoms with Gasteiger partial charge in [-0.15, -0.1) is 0 Å². The number of carbonyl (C=O) groups excluding carboxylic acids is 5. The van der Waals surface area contributed by atoms with E-state index < -0.39 is 54.1 Å². The van der Waals surface area contributed by atoms with Gasteiger partial charge in [0, 0.05) is 25.1 Å². The van der Waals surface area contributed by atoms with Crippen molar-refractivity contribution in [2.75, 3.05) is 6.54 Å². The highest BCUT2D eigenvalue weighted by atomic mass is 16.2. The molecule has 0 unspecified atom stereocenters. The largest absolute Gasteiger partial charge is 0.370 e. The number of amides is 5. The molecular weight excluding hydrogens is 644 g/mol. The predicted octanol–water partition coefficient (Wildman–Crippen LogP) is 3.23. The van der Waals surface area contributed by atoms with Crippen molar-refractivity contribution in [1.82, 2.24) is 20.9 Å². The molecule has 11 nitrogen and oxygen atoms in total. The molecule has 0 aromatic heterocycles. The van der Waals surface area contributed by atoms with Crippen LogP contribution in [-0.4, -0.2) is 59.1 Å². The molecule has 0 aliphatic rings. The highest BCUT2D eigenvalue weighted by Gasteiger charge is 2.30. The lowest BCUT2D eigenvalue weighted by atomic mass is 10.0. The molecule has 7 N–H and O–H groups in total. The maximum absolute atomic E-state index is 13.9. The molecule has 266 valence electrons. The molecule has 0 spiro atoms. The van der Waals surface area contributed by atoms with Crippen molar-refractivity contribution in [3.63, 3.8) is 0 Å². The highest BCUT2D eigenvalue weighted by molar-refractivity contribution is 5.99. The molecule has 11 heteroatoms. The standard InChI is InChI=1S/C40H46N6O5/c41-36(47)26-34(37(42)48)44-39(50)33(23-13-14-24-46(27-30-17-7-2-8-18-30)28-31-19-9-3-10-20-31)43-40(51)35(25-29-15-5-1-6-16-29)45-38(49)32-21-11-4-12-22-32/h1-12,15-22,33-35H,13-14,23-28H2,(H2,41,47)(H2,42,48)(H,43,51)(H,44,50)(H,45,49)/t33-,34-,35-/m0/s1. The van der Waals surface area contributed by atoms with Crippen molar-refractivity contribution in [1.29, 1.82) is 0 Å². The van der Waals surface area contributed by atoms with Crippen molar-refractivity contribution in [3.05, 3.63) is 144 Å². The van der Waals surface area contributed by atoms with Crippen LogP contribution in [0.15, 0.2) is 121 Å². The number of nitrogens with one attached hydrogen (secondary N) is 3. The summed E-state index contributed by atoms with van der Waals surface area (Å²) in [6.45, 7) is 2.17. The molecule has 3 atom stereocenters. The van der Waals surface area contributed by atoms with Crippen LogP contribution < -0.4 is 27.4 Å². The van der Waals surface area contributed by atoms with Gasteiger partial charge in [-0.05, 0) is 54.6 Å². The Morgan fingerprint density at radius 2 is 1.02 bits per heavy atom. The van der Waals surface area contributed by atoms with Gasteiger partial charge in [0.2, 0.25) is 23.6 Å². The molecule has 0 saturated heterocycles. The summed E-state index contributed by atoms with van der Waals surface area (Å²) in [6, 6.07) is 34.6. The summed E-state index contributed by atoms with van der Waals surface area (Å²) in [6.07, 6.45) is 1.13. The second kappa shape index (κ2) is 20.0. The molecule has 0 heterocycles. The lowest BCUT2D eigenvalue weighted by Gasteiger charge is -2.26. The van der Waals surface area contributed by atoms with E-state index in [4.69, 9.17) is 11.5 Å². The van der Waals surface area contributed by atoms with Gasteiger partial charge in [0.25, 0.3) is 5.91 Å². The number of nitrogens with two attached hydrogens (primary N) is 2. The van der Waals surface area contributed by atoms with E-state index in [1.165, 1.54) is 11.1 Å². The minimum Gasteiger partial charge on any atom is -0.370 e. The summed E-state index contributed by atoms with van der Waals surface area (Å²) in [4.78, 5) is 66.7. The van der Waals surface area contributed by atoms with Gasteiger partial charge < -0.3 is 27.4 Å². The van der Waals surface area contributed by atoms with Crippen molar-refractivity contribution in [2.45, 2.75) is 63.3 Å². The van der Waals surface area contributed by atoms with E-state index in [0.29, 0.717) is 24.9 Å². The molecule has 4 aromatic carbocycles. The first-order chi connectivity index (χ1) is 24.7. The predicted molar refractivity (Wildman–Crippen MR) is 196 cm³/mol. The first-order valence-electron chi connectivity index (χ1n) is 17.1. The normalized spacial score (nSPS) is 12.6. The average molecular weight is 691 g/mol. The maximum atomic E-state index is 13.9. The van der Waals surface area contributed by atoms with Crippen LogP contribution in [0.3, 0.4) is 0 Å². The van der Waals surface area contributed by atoms with Crippen LogP contribution >= 0.6 is 0 Å². The quantitative estimate of drug-likeness (QED) is 0.0890. The Bertz CT molecular complexity index is 1670. The van der Waals surface area contributed by atoms with Gasteiger partial charge in [-0.2, -0.15) is 0 Å². The molecule has 0 aliphatic heterocycles. The topological polar surface area (TPSA) is 177 Å². The van der Waals surface area contributed by atoms with Gasteiger partial charge in [0.1, 0.15) is 18.1 Å². The van der Waals surface area contributed by atoms with Crippen LogP contribution in [0.4, 0.5) is 0 Å². The van der Waals surface area contributed by atoms with Gasteiger partial charge >= 0.3 is 0 Å². The van der Waals surface area contributed by atoms with Crippen LogP contribution in [-0.2, 0) is 38.7 Å². The maximum Gasteiger partial charge on any atom is 0.251 e. The third-order valence-corrected chi connectivity index (χ3v) is 8.35. The van der Waals surface area contributed by atoms with E-state index >= 15 is 0 Å². The minimum absolute atomic E-state index is 0.166. The number of rotatable bonds is 20. The van der Waals surface area contributed by atoms with E-state index in [-0.39, 0.29) is 12.8 Å². The third kappa shape index (κ3) is 13.2. The van der Waals surface area contributed by atoms with E-state index in [9.17, 15) is 24.0 Å². The van der Waals surface area contributed by atoms with Gasteiger partial charge in [-0.3, -0.25) is 28.9 Å². The van der Waals surface area contributed by atoms with E-state index in [2.05, 4.69) is 45.1 Å². The fraction of sp³-hybridized carbons (Fsp3) is 0.275. The lowest BCUT2D eigenvalue weighted by molar-refractivity contribution is -0.133. The van der Waals surface area contributed by atoms with Gasteiger partial charge in [0.15, 0.2) is 0 Å². The zero-order valence-electron chi connectivity index (χ0n) is 28.6. The summed E-state index contributed by atoms with van der Waals surface area (Å²) in [5.74, 6) is -3.46. The van der Waals surface area contributed by atoms with E-state index in [1.54, 1.807) is 30.3 Å². The summed E-state index contributed by atoms with van der Waals surface area (Å²) >= 11 is 0. The number of nitrogens with zero attached hydrogens (tertiary/aromatic N) is 1. The van der Waals surface area contributed by atoms with Gasteiger partial charge in [0.05, 0.1) is 6.42 Å². The van der Waals surface area contributed by atoms with E-state index in [0.717, 1.165) is 18.7 Å². The zero-order valence-corrected chi connectivity index (χ0v) is 28.6. The number of carbonyl (C=O) groups is 5. The Kier molecular flexibility index (Phi) is 14.9. The molecule has 4 aromatic rings. The van der Waals surface area contributed by atoms with Gasteiger partial charge in [-0.1, -0.05) is 109 Å². The number of hydrogen-bond acceptors (Lipinski definition) is 6. The Balaban J connectivity index is 1.49. The monoisotopic (exact) mass is 690 g/mol. The molecule has 4 rings (SSSR count). The van der Waals surface area contributed by atoms with Crippen molar-refractivity contribution < 1.29 is 24.0 Å². The van der Waals surface area contributed by atoms with Gasteiger partial charge in [-0.25, -0.2) is 0 Å². The van der Waals surface area contributed by atoms with Crippen LogP contribution in [0, 0.1) is 0 Å². The molecule has 0 bridgehead atoms. The fourth-order valence-corrected chi connectivity index (χ4v) is 5.71. The first kappa shape index (κ1) is 38.0. The van der Waals surface area contributed by atoms with Crippen molar-refractivity contribution in [3.8, 4) is 0 Å². The molecule has 0 radical (unpaired) electrons. The van der Waals surface area contributed by atoms with Crippen molar-refractivity contribution in [2.24, 2.45) is 11.5 Å². The highest BCUT2D eigenvalue weighted by Crippen LogP contribution is 2.14. The summed E-state index contributed by atoms with van der Waals surface area (Å²) in [5.41, 5.74) is 14.3. The molecule has 0 fully saturated rings. The molecule has 51 heavy (non-hydrogen) atoms. The third-order valence-electron chi connectivity index (χ3n) is 8.35. The van der Waals surface area contributed by atoms with Crippen molar-refractivity contribution >= 4 is 29.5 Å². The number of primary amides is 2. The average Bonchev–Trinajstić information content (AvgIpc) is 3.13. The SMILES string of the molecule is NC(=O)C[C@H](NC(=O)[C@H](CCCCN(Cc1ccccc1)Cc1ccccc1)NC(=O)[C@H](Cc1ccccc1)NC(=O)c1ccccc1)C(N)=O. The number of unbranched alkanes of at least 4 members (excludes halogenated alkanes) is 1. The molecule has 5 amide bonds. The fourth-order valence-electron chi connectivity index (χ4n) is 5.71. The Labute approximate surface area is 298 Å². The van der Waals surface area contributed by atoms with Crippen LogP contribution in [0.1, 0.15) is 52.7 Å².